The first-order valence-electron chi connectivity index (χ1n) is 35.5. The molecule has 0 N–H and O–H groups in total. The van der Waals surface area contributed by atoms with Gasteiger partial charge in [-0.1, -0.05) is 340 Å². The van der Waals surface area contributed by atoms with Gasteiger partial charge in [0.2, 0.25) is 0 Å². The van der Waals surface area contributed by atoms with E-state index in [1.807, 2.05) is 0 Å². The zero-order valence-electron chi connectivity index (χ0n) is 53.4. The number of carbonyl (C=O) groups excluding carboxylic acids is 3. The minimum Gasteiger partial charge on any atom is -0.462 e. The molecule has 0 fully saturated rings. The van der Waals surface area contributed by atoms with Gasteiger partial charge in [0.25, 0.3) is 0 Å². The maximum Gasteiger partial charge on any atom is 0.306 e. The van der Waals surface area contributed by atoms with E-state index < -0.39 is 6.10 Å². The summed E-state index contributed by atoms with van der Waals surface area (Å²) in [6.45, 7) is 6.66. The Bertz CT molecular complexity index is 1320. The maximum absolute atomic E-state index is 12.9. The molecule has 0 rings (SSSR count). The van der Waals surface area contributed by atoms with Crippen LogP contribution >= 0.6 is 0 Å². The molecule has 464 valence electrons. The topological polar surface area (TPSA) is 78.9 Å². The SMILES string of the molecule is CCCC/C=C\C/C=C\CCCCCCCC(=O)OCC(COC(=O)CCCCCCCCCCCCCCCCCCC/C=C\CCCCCCCCCC)OC(=O)CCCCCCCCCCCCCCCCCCCC. The van der Waals surface area contributed by atoms with Gasteiger partial charge in [-0.15, -0.1) is 0 Å². The molecule has 0 aromatic carbocycles. The number of ether oxygens (including phenoxy) is 3. The normalized spacial score (nSPS) is 12.2. The lowest BCUT2D eigenvalue weighted by Crippen LogP contribution is -2.30. The van der Waals surface area contributed by atoms with Crippen molar-refractivity contribution in [3.8, 4) is 0 Å². The fourth-order valence-corrected chi connectivity index (χ4v) is 10.8. The summed E-state index contributed by atoms with van der Waals surface area (Å²) in [4.78, 5) is 38.4. The number of hydrogen-bond acceptors (Lipinski definition) is 6. The van der Waals surface area contributed by atoms with Crippen LogP contribution in [0.15, 0.2) is 36.5 Å². The van der Waals surface area contributed by atoms with E-state index in [4.69, 9.17) is 14.2 Å². The van der Waals surface area contributed by atoms with Gasteiger partial charge >= 0.3 is 17.9 Å². The second-order valence-electron chi connectivity index (χ2n) is 24.1. The van der Waals surface area contributed by atoms with Gasteiger partial charge in [-0.05, 0) is 70.6 Å². The van der Waals surface area contributed by atoms with Gasteiger partial charge in [0.15, 0.2) is 6.10 Å². The minimum absolute atomic E-state index is 0.0711. The molecule has 0 saturated heterocycles. The molecule has 0 aliphatic rings. The fourth-order valence-electron chi connectivity index (χ4n) is 10.8. The molecule has 0 spiro atoms. The number of allylic oxidation sites excluding steroid dienone is 6. The standard InChI is InChI=1S/C73H136O6/c1-4-7-10-13-16-19-22-25-28-30-32-33-34-35-36-37-38-39-40-41-42-44-45-48-51-54-57-60-63-66-72(75)78-69-70(68-77-71(74)65-62-59-56-53-50-47-27-24-21-18-15-12-9-6-3)79-73(76)67-64-61-58-55-52-49-46-43-31-29-26-23-20-17-14-11-8-5-2/h15,18,24,27,30,32,70H,4-14,16-17,19-23,25-26,28-29,31,33-69H2,1-3H3/b18-15-,27-24-,32-30-. The number of rotatable bonds is 66. The lowest BCUT2D eigenvalue weighted by Gasteiger charge is -2.18. The van der Waals surface area contributed by atoms with Crippen molar-refractivity contribution in [2.45, 2.75) is 399 Å². The van der Waals surface area contributed by atoms with Gasteiger partial charge < -0.3 is 14.2 Å². The third kappa shape index (κ3) is 66.3. The van der Waals surface area contributed by atoms with Gasteiger partial charge in [0, 0.05) is 19.3 Å². The van der Waals surface area contributed by atoms with Gasteiger partial charge in [0.05, 0.1) is 0 Å². The Morgan fingerprint density at radius 3 is 0.747 bits per heavy atom. The van der Waals surface area contributed by atoms with Gasteiger partial charge in [-0.2, -0.15) is 0 Å². The summed E-state index contributed by atoms with van der Waals surface area (Å²) >= 11 is 0. The van der Waals surface area contributed by atoms with E-state index in [-0.39, 0.29) is 31.1 Å². The van der Waals surface area contributed by atoms with Crippen molar-refractivity contribution in [1.29, 1.82) is 0 Å². The third-order valence-electron chi connectivity index (χ3n) is 16.1. The highest BCUT2D eigenvalue weighted by molar-refractivity contribution is 5.71. The lowest BCUT2D eigenvalue weighted by atomic mass is 10.0. The van der Waals surface area contributed by atoms with E-state index in [1.54, 1.807) is 0 Å². The first-order valence-corrected chi connectivity index (χ1v) is 35.5. The summed E-state index contributed by atoms with van der Waals surface area (Å²) < 4.78 is 17.0. The van der Waals surface area contributed by atoms with Gasteiger partial charge in [0.1, 0.15) is 13.2 Å². The van der Waals surface area contributed by atoms with Crippen LogP contribution in [0.4, 0.5) is 0 Å². The predicted molar refractivity (Wildman–Crippen MR) is 344 cm³/mol. The summed E-state index contributed by atoms with van der Waals surface area (Å²) in [6.07, 6.45) is 84.7. The van der Waals surface area contributed by atoms with Gasteiger partial charge in [-0.3, -0.25) is 14.4 Å². The summed E-state index contributed by atoms with van der Waals surface area (Å²) in [5, 5.41) is 0. The number of hydrogen-bond donors (Lipinski definition) is 0. The largest absolute Gasteiger partial charge is 0.462 e. The third-order valence-corrected chi connectivity index (χ3v) is 16.1. The van der Waals surface area contributed by atoms with Crippen LogP contribution in [0.3, 0.4) is 0 Å². The molecule has 0 aliphatic heterocycles. The highest BCUT2D eigenvalue weighted by atomic mass is 16.6. The highest BCUT2D eigenvalue weighted by Gasteiger charge is 2.19. The molecule has 0 bridgehead atoms. The molecule has 79 heavy (non-hydrogen) atoms. The summed E-state index contributed by atoms with van der Waals surface area (Å²) in [6, 6.07) is 0. The quantitative estimate of drug-likeness (QED) is 0.0261. The number of unbranched alkanes of at least 4 members (excludes halogenated alkanes) is 49. The van der Waals surface area contributed by atoms with Crippen molar-refractivity contribution in [1.82, 2.24) is 0 Å². The van der Waals surface area contributed by atoms with Crippen molar-refractivity contribution in [3.63, 3.8) is 0 Å². The first-order chi connectivity index (χ1) is 39.0. The number of carbonyl (C=O) groups is 3. The van der Waals surface area contributed by atoms with Crippen molar-refractivity contribution in [2.75, 3.05) is 13.2 Å². The Hall–Kier alpha value is -2.37. The Labute approximate surface area is 493 Å². The second-order valence-corrected chi connectivity index (χ2v) is 24.1. The summed E-state index contributed by atoms with van der Waals surface area (Å²) in [5.41, 5.74) is 0. The van der Waals surface area contributed by atoms with Crippen molar-refractivity contribution in [2.24, 2.45) is 0 Å². The van der Waals surface area contributed by atoms with Crippen LogP contribution in [-0.4, -0.2) is 37.2 Å². The second kappa shape index (κ2) is 68.1. The zero-order chi connectivity index (χ0) is 57.1. The van der Waals surface area contributed by atoms with Crippen LogP contribution in [0.2, 0.25) is 0 Å². The fraction of sp³-hybridized carbons (Fsp3) is 0.877. The van der Waals surface area contributed by atoms with E-state index >= 15 is 0 Å². The van der Waals surface area contributed by atoms with Crippen LogP contribution < -0.4 is 0 Å². The average Bonchev–Trinajstić information content (AvgIpc) is 3.45. The van der Waals surface area contributed by atoms with E-state index in [9.17, 15) is 14.4 Å². The Kier molecular flexibility index (Phi) is 66.1. The van der Waals surface area contributed by atoms with E-state index in [2.05, 4.69) is 57.2 Å². The van der Waals surface area contributed by atoms with E-state index in [0.29, 0.717) is 19.3 Å². The van der Waals surface area contributed by atoms with Crippen molar-refractivity contribution < 1.29 is 28.6 Å². The average molecular weight is 1110 g/mol. The van der Waals surface area contributed by atoms with Crippen LogP contribution in [-0.2, 0) is 28.6 Å². The van der Waals surface area contributed by atoms with Crippen molar-refractivity contribution >= 4 is 17.9 Å². The maximum atomic E-state index is 12.9. The van der Waals surface area contributed by atoms with Gasteiger partial charge in [-0.25, -0.2) is 0 Å². The summed E-state index contributed by atoms with van der Waals surface area (Å²) in [7, 11) is 0. The predicted octanol–water partition coefficient (Wildman–Crippen LogP) is 24.3. The molecule has 0 aromatic heterocycles. The van der Waals surface area contributed by atoms with Crippen LogP contribution in [0.25, 0.3) is 0 Å². The highest BCUT2D eigenvalue weighted by Crippen LogP contribution is 2.18. The number of esters is 3. The summed E-state index contributed by atoms with van der Waals surface area (Å²) in [5.74, 6) is -0.857. The zero-order valence-corrected chi connectivity index (χ0v) is 53.4. The molecular weight excluding hydrogens is 973 g/mol. The molecule has 6 nitrogen and oxygen atoms in total. The van der Waals surface area contributed by atoms with E-state index in [1.165, 1.54) is 276 Å². The monoisotopic (exact) mass is 1110 g/mol. The molecular formula is C73H136O6. The van der Waals surface area contributed by atoms with E-state index in [0.717, 1.165) is 77.0 Å². The first kappa shape index (κ1) is 76.6. The molecule has 6 heteroatoms. The smallest absolute Gasteiger partial charge is 0.306 e. The molecule has 0 amide bonds. The molecule has 0 aromatic rings. The van der Waals surface area contributed by atoms with Crippen LogP contribution in [0.1, 0.15) is 393 Å². The molecule has 0 aliphatic carbocycles. The molecule has 0 radical (unpaired) electrons. The molecule has 0 heterocycles. The Balaban J connectivity index is 4.19. The molecule has 1 atom stereocenters. The van der Waals surface area contributed by atoms with Crippen LogP contribution in [0, 0.1) is 0 Å². The van der Waals surface area contributed by atoms with Crippen molar-refractivity contribution in [3.05, 3.63) is 36.5 Å². The molecule has 0 saturated carbocycles. The Morgan fingerprint density at radius 1 is 0.253 bits per heavy atom. The molecule has 1 unspecified atom stereocenters. The minimum atomic E-state index is -0.775. The lowest BCUT2D eigenvalue weighted by molar-refractivity contribution is -0.167. The van der Waals surface area contributed by atoms with Crippen LogP contribution in [0.5, 0.6) is 0 Å². The Morgan fingerprint density at radius 2 is 0.468 bits per heavy atom.